The number of hydrogen-bond donors (Lipinski definition) is 3. The van der Waals surface area contributed by atoms with E-state index in [1.54, 1.807) is 44.4 Å². The molecule has 0 bridgehead atoms. The van der Waals surface area contributed by atoms with Crippen molar-refractivity contribution < 1.29 is 19.1 Å². The topological polar surface area (TPSA) is 88.7 Å². The van der Waals surface area contributed by atoms with Crippen molar-refractivity contribution >= 4 is 17.6 Å². The van der Waals surface area contributed by atoms with Crippen LogP contribution in [-0.4, -0.2) is 26.2 Å². The van der Waals surface area contributed by atoms with Crippen LogP contribution in [0.2, 0.25) is 0 Å². The number of carbonyl (C=O) groups is 2. The fraction of sp³-hybridized carbons (Fsp3) is 0.200. The molecule has 1 unspecified atom stereocenters. The summed E-state index contributed by atoms with van der Waals surface area (Å²) in [5, 5.41) is 8.32. The van der Waals surface area contributed by atoms with E-state index in [9.17, 15) is 9.59 Å². The van der Waals surface area contributed by atoms with Gasteiger partial charge in [0.25, 0.3) is 5.91 Å². The average Bonchev–Trinajstić information content (AvgIpc) is 2.67. The molecule has 27 heavy (non-hydrogen) atoms. The number of carbonyl (C=O) groups excluding carboxylic acids is 2. The van der Waals surface area contributed by atoms with Gasteiger partial charge in [-0.1, -0.05) is 18.2 Å². The number of nitrogens with one attached hydrogen (secondary N) is 3. The van der Waals surface area contributed by atoms with Gasteiger partial charge in [0.2, 0.25) is 0 Å². The van der Waals surface area contributed by atoms with Crippen LogP contribution in [0.3, 0.4) is 0 Å². The van der Waals surface area contributed by atoms with Gasteiger partial charge in [0.15, 0.2) is 0 Å². The second-order valence-corrected chi connectivity index (χ2v) is 6.00. The smallest absolute Gasteiger partial charge is 0.319 e. The van der Waals surface area contributed by atoms with Crippen molar-refractivity contribution in [3.05, 3.63) is 65.4 Å². The van der Waals surface area contributed by atoms with Crippen molar-refractivity contribution in [2.24, 2.45) is 0 Å². The Bertz CT molecular complexity index is 893. The highest BCUT2D eigenvalue weighted by molar-refractivity contribution is 6.06. The van der Waals surface area contributed by atoms with E-state index >= 15 is 0 Å². The van der Waals surface area contributed by atoms with Crippen molar-refractivity contribution in [2.75, 3.05) is 19.5 Å². The SMILES string of the molecule is COc1ccc(OC)c(C2NC(=O)NC(C)=C2C(=O)Nc2ccccc2)c1. The molecule has 0 radical (unpaired) electrons. The predicted octanol–water partition coefficient (Wildman–Crippen LogP) is 2.97. The number of para-hydroxylation sites is 1. The van der Waals surface area contributed by atoms with E-state index < -0.39 is 12.1 Å². The number of urea groups is 1. The van der Waals surface area contributed by atoms with Crippen LogP contribution in [0, 0.1) is 0 Å². The van der Waals surface area contributed by atoms with E-state index in [0.29, 0.717) is 34.0 Å². The summed E-state index contributed by atoms with van der Waals surface area (Å²) in [6.07, 6.45) is 0. The Kier molecular flexibility index (Phi) is 5.30. The summed E-state index contributed by atoms with van der Waals surface area (Å²) in [6.45, 7) is 1.69. The third kappa shape index (κ3) is 3.87. The lowest BCUT2D eigenvalue weighted by Gasteiger charge is -2.29. The van der Waals surface area contributed by atoms with Crippen LogP contribution in [0.25, 0.3) is 0 Å². The van der Waals surface area contributed by atoms with Gasteiger partial charge in [-0.3, -0.25) is 4.79 Å². The first-order valence-corrected chi connectivity index (χ1v) is 8.40. The quantitative estimate of drug-likeness (QED) is 0.758. The minimum Gasteiger partial charge on any atom is -0.497 e. The first-order chi connectivity index (χ1) is 13.0. The second-order valence-electron chi connectivity index (χ2n) is 6.00. The van der Waals surface area contributed by atoms with Gasteiger partial charge in [-0.05, 0) is 37.3 Å². The van der Waals surface area contributed by atoms with Crippen molar-refractivity contribution in [2.45, 2.75) is 13.0 Å². The number of amides is 3. The molecule has 0 spiro atoms. The molecule has 1 aliphatic heterocycles. The number of allylic oxidation sites excluding steroid dienone is 1. The van der Waals surface area contributed by atoms with Gasteiger partial charge in [0.05, 0.1) is 25.8 Å². The van der Waals surface area contributed by atoms with Crippen LogP contribution in [0.1, 0.15) is 18.5 Å². The summed E-state index contributed by atoms with van der Waals surface area (Å²) >= 11 is 0. The number of rotatable bonds is 5. The molecule has 7 heteroatoms. The Hall–Kier alpha value is -3.48. The lowest BCUT2D eigenvalue weighted by Crippen LogP contribution is -2.46. The van der Waals surface area contributed by atoms with E-state index in [2.05, 4.69) is 16.0 Å². The van der Waals surface area contributed by atoms with Gasteiger partial charge in [-0.15, -0.1) is 0 Å². The molecular weight excluding hydrogens is 346 g/mol. The van der Waals surface area contributed by atoms with Gasteiger partial charge in [-0.2, -0.15) is 0 Å². The molecule has 1 heterocycles. The maximum Gasteiger partial charge on any atom is 0.319 e. The molecule has 0 fully saturated rings. The number of benzene rings is 2. The van der Waals surface area contributed by atoms with Crippen LogP contribution in [0.15, 0.2) is 59.8 Å². The molecule has 2 aromatic rings. The maximum atomic E-state index is 13.0. The third-order valence-electron chi connectivity index (χ3n) is 4.29. The summed E-state index contributed by atoms with van der Waals surface area (Å²) in [4.78, 5) is 25.1. The van der Waals surface area contributed by atoms with Gasteiger partial charge >= 0.3 is 6.03 Å². The number of anilines is 1. The lowest BCUT2D eigenvalue weighted by molar-refractivity contribution is -0.113. The minimum absolute atomic E-state index is 0.318. The van der Waals surface area contributed by atoms with Gasteiger partial charge in [0, 0.05) is 16.9 Å². The third-order valence-corrected chi connectivity index (χ3v) is 4.29. The Labute approximate surface area is 157 Å². The normalized spacial score (nSPS) is 16.3. The van der Waals surface area contributed by atoms with Gasteiger partial charge < -0.3 is 25.4 Å². The molecule has 0 aliphatic carbocycles. The van der Waals surface area contributed by atoms with Crippen molar-refractivity contribution in [1.82, 2.24) is 10.6 Å². The highest BCUT2D eigenvalue weighted by Gasteiger charge is 2.33. The Morgan fingerprint density at radius 3 is 2.48 bits per heavy atom. The monoisotopic (exact) mass is 367 g/mol. The van der Waals surface area contributed by atoms with E-state index in [1.807, 2.05) is 18.2 Å². The zero-order chi connectivity index (χ0) is 19.4. The van der Waals surface area contributed by atoms with Crippen molar-refractivity contribution in [3.63, 3.8) is 0 Å². The Balaban J connectivity index is 2.03. The molecule has 3 rings (SSSR count). The summed E-state index contributed by atoms with van der Waals surface area (Å²) in [7, 11) is 3.09. The van der Waals surface area contributed by atoms with Gasteiger partial charge in [-0.25, -0.2) is 4.79 Å². The molecule has 1 atom stereocenters. The van der Waals surface area contributed by atoms with Gasteiger partial charge in [0.1, 0.15) is 11.5 Å². The Morgan fingerprint density at radius 1 is 1.07 bits per heavy atom. The molecule has 140 valence electrons. The van der Waals surface area contributed by atoms with E-state index in [-0.39, 0.29) is 5.91 Å². The highest BCUT2D eigenvalue weighted by atomic mass is 16.5. The Morgan fingerprint density at radius 2 is 1.81 bits per heavy atom. The second kappa shape index (κ2) is 7.82. The maximum absolute atomic E-state index is 13.0. The summed E-state index contributed by atoms with van der Waals surface area (Å²) < 4.78 is 10.7. The van der Waals surface area contributed by atoms with Crippen molar-refractivity contribution in [3.8, 4) is 11.5 Å². The molecule has 0 aromatic heterocycles. The number of hydrogen-bond acceptors (Lipinski definition) is 4. The molecule has 3 amide bonds. The van der Waals surface area contributed by atoms with Crippen LogP contribution >= 0.6 is 0 Å². The molecule has 0 saturated carbocycles. The standard InChI is InChI=1S/C20H21N3O4/c1-12-17(19(24)22-13-7-5-4-6-8-13)18(23-20(25)21-12)15-11-14(26-2)9-10-16(15)27-3/h4-11,18H,1-3H3,(H,22,24)(H2,21,23,25). The lowest BCUT2D eigenvalue weighted by atomic mass is 9.93. The van der Waals surface area contributed by atoms with E-state index in [0.717, 1.165) is 0 Å². The zero-order valence-corrected chi connectivity index (χ0v) is 15.3. The molecule has 3 N–H and O–H groups in total. The van der Waals surface area contributed by atoms with Crippen LogP contribution in [0.5, 0.6) is 11.5 Å². The number of ether oxygens (including phenoxy) is 2. The largest absolute Gasteiger partial charge is 0.497 e. The first kappa shape index (κ1) is 18.3. The summed E-state index contributed by atoms with van der Waals surface area (Å²) in [5.74, 6) is 0.820. The van der Waals surface area contributed by atoms with Crippen LogP contribution in [0.4, 0.5) is 10.5 Å². The summed E-state index contributed by atoms with van der Waals surface area (Å²) in [6, 6.07) is 13.3. The molecule has 7 nitrogen and oxygen atoms in total. The number of methoxy groups -OCH3 is 2. The van der Waals surface area contributed by atoms with E-state index in [4.69, 9.17) is 9.47 Å². The zero-order valence-electron chi connectivity index (χ0n) is 15.3. The fourth-order valence-electron chi connectivity index (χ4n) is 3.01. The van der Waals surface area contributed by atoms with Crippen LogP contribution in [-0.2, 0) is 4.79 Å². The average molecular weight is 367 g/mol. The molecule has 2 aromatic carbocycles. The van der Waals surface area contributed by atoms with Crippen molar-refractivity contribution in [1.29, 1.82) is 0 Å². The minimum atomic E-state index is -0.687. The molecular formula is C20H21N3O4. The summed E-state index contributed by atoms with van der Waals surface area (Å²) in [5.41, 5.74) is 2.16. The van der Waals surface area contributed by atoms with Crippen LogP contribution < -0.4 is 25.4 Å². The fourth-order valence-corrected chi connectivity index (χ4v) is 3.01. The highest BCUT2D eigenvalue weighted by Crippen LogP contribution is 2.35. The molecule has 1 aliphatic rings. The van der Waals surface area contributed by atoms with E-state index in [1.165, 1.54) is 7.11 Å². The first-order valence-electron chi connectivity index (χ1n) is 8.40. The molecule has 0 saturated heterocycles. The predicted molar refractivity (Wildman–Crippen MR) is 102 cm³/mol.